The van der Waals surface area contributed by atoms with Crippen molar-refractivity contribution < 1.29 is 0 Å². The quantitative estimate of drug-likeness (QED) is 0.868. The van der Waals surface area contributed by atoms with Crippen LogP contribution < -0.4 is 5.32 Å². The van der Waals surface area contributed by atoms with Crippen LogP contribution in [-0.4, -0.2) is 4.98 Å². The lowest BCUT2D eigenvalue weighted by Crippen LogP contribution is -2.24. The van der Waals surface area contributed by atoms with E-state index in [1.54, 1.807) is 0 Å². The summed E-state index contributed by atoms with van der Waals surface area (Å²) in [5, 5.41) is 3.68. The number of hydrogen-bond acceptors (Lipinski definition) is 2. The van der Waals surface area contributed by atoms with Gasteiger partial charge in [0.15, 0.2) is 0 Å². The molecule has 1 aromatic heterocycles. The molecule has 100 valence electrons. The molecule has 2 rings (SSSR count). The van der Waals surface area contributed by atoms with Crippen molar-refractivity contribution >= 4 is 15.9 Å². The van der Waals surface area contributed by atoms with Crippen molar-refractivity contribution in [2.24, 2.45) is 0 Å². The van der Waals surface area contributed by atoms with Crippen LogP contribution in [-0.2, 0) is 0 Å². The molecule has 0 saturated heterocycles. The first-order valence-corrected chi connectivity index (χ1v) is 7.41. The molecule has 0 aliphatic carbocycles. The SMILES string of the molecule is CCC(N[C@H](C)c1ccncc1)c1cccc(Br)c1. The molecule has 0 radical (unpaired) electrons. The highest BCUT2D eigenvalue weighted by molar-refractivity contribution is 9.10. The second-order valence-electron chi connectivity index (χ2n) is 4.68. The summed E-state index contributed by atoms with van der Waals surface area (Å²) in [6.45, 7) is 4.40. The molecule has 3 heteroatoms. The minimum atomic E-state index is 0.312. The molecule has 1 heterocycles. The first-order valence-electron chi connectivity index (χ1n) is 6.62. The van der Waals surface area contributed by atoms with Crippen molar-refractivity contribution in [2.45, 2.75) is 32.4 Å². The fraction of sp³-hybridized carbons (Fsp3) is 0.312. The summed E-state index contributed by atoms with van der Waals surface area (Å²) in [5.74, 6) is 0. The first-order chi connectivity index (χ1) is 9.20. The fourth-order valence-electron chi connectivity index (χ4n) is 2.22. The standard InChI is InChI=1S/C16H19BrN2/c1-3-16(14-5-4-6-15(17)11-14)19-12(2)13-7-9-18-10-8-13/h4-12,16,19H,3H2,1-2H3/t12-,16?/m1/s1. The number of aromatic nitrogens is 1. The Morgan fingerprint density at radius 3 is 2.53 bits per heavy atom. The third-order valence-corrected chi connectivity index (χ3v) is 3.81. The molecular weight excluding hydrogens is 300 g/mol. The predicted octanol–water partition coefficient (Wildman–Crippen LogP) is 4.65. The number of nitrogens with zero attached hydrogens (tertiary/aromatic N) is 1. The average Bonchev–Trinajstić information content (AvgIpc) is 2.45. The lowest BCUT2D eigenvalue weighted by atomic mass is 10.0. The van der Waals surface area contributed by atoms with Crippen LogP contribution in [0.5, 0.6) is 0 Å². The minimum absolute atomic E-state index is 0.312. The van der Waals surface area contributed by atoms with Gasteiger partial charge in [0.1, 0.15) is 0 Å². The van der Waals surface area contributed by atoms with E-state index in [1.165, 1.54) is 11.1 Å². The summed E-state index contributed by atoms with van der Waals surface area (Å²) in [6, 6.07) is 13.3. The van der Waals surface area contributed by atoms with Crippen molar-refractivity contribution in [3.8, 4) is 0 Å². The molecule has 2 atom stereocenters. The number of rotatable bonds is 5. The number of halogens is 1. The van der Waals surface area contributed by atoms with Gasteiger partial charge in [-0.15, -0.1) is 0 Å². The highest BCUT2D eigenvalue weighted by Gasteiger charge is 2.13. The van der Waals surface area contributed by atoms with E-state index in [-0.39, 0.29) is 0 Å². The normalized spacial score (nSPS) is 14.1. The molecule has 1 unspecified atom stereocenters. The van der Waals surface area contributed by atoms with E-state index in [1.807, 2.05) is 12.4 Å². The second kappa shape index (κ2) is 6.83. The summed E-state index contributed by atoms with van der Waals surface area (Å²) in [6.07, 6.45) is 4.74. The van der Waals surface area contributed by atoms with Crippen molar-refractivity contribution in [3.63, 3.8) is 0 Å². The first kappa shape index (κ1) is 14.2. The van der Waals surface area contributed by atoms with Gasteiger partial charge in [0.2, 0.25) is 0 Å². The van der Waals surface area contributed by atoms with Gasteiger partial charge >= 0.3 is 0 Å². The van der Waals surface area contributed by atoms with E-state index in [9.17, 15) is 0 Å². The van der Waals surface area contributed by atoms with Gasteiger partial charge in [-0.05, 0) is 48.7 Å². The third-order valence-electron chi connectivity index (χ3n) is 3.32. The van der Waals surface area contributed by atoms with Crippen molar-refractivity contribution in [3.05, 3.63) is 64.4 Å². The monoisotopic (exact) mass is 318 g/mol. The van der Waals surface area contributed by atoms with Gasteiger partial charge in [-0.1, -0.05) is 35.0 Å². The zero-order valence-corrected chi connectivity index (χ0v) is 12.9. The maximum atomic E-state index is 4.06. The predicted molar refractivity (Wildman–Crippen MR) is 83.0 cm³/mol. The van der Waals surface area contributed by atoms with Crippen molar-refractivity contribution in [1.29, 1.82) is 0 Å². The van der Waals surface area contributed by atoms with Crippen LogP contribution >= 0.6 is 15.9 Å². The topological polar surface area (TPSA) is 24.9 Å². The molecule has 0 aliphatic rings. The maximum absolute atomic E-state index is 4.06. The van der Waals surface area contributed by atoms with Gasteiger partial charge in [-0.25, -0.2) is 0 Å². The van der Waals surface area contributed by atoms with Crippen LogP contribution in [0.25, 0.3) is 0 Å². The van der Waals surface area contributed by atoms with Crippen molar-refractivity contribution in [1.82, 2.24) is 10.3 Å². The summed E-state index contributed by atoms with van der Waals surface area (Å²) in [7, 11) is 0. The largest absolute Gasteiger partial charge is 0.303 e. The lowest BCUT2D eigenvalue weighted by molar-refractivity contribution is 0.456. The van der Waals surface area contributed by atoms with E-state index < -0.39 is 0 Å². The highest BCUT2D eigenvalue weighted by Crippen LogP contribution is 2.24. The molecule has 19 heavy (non-hydrogen) atoms. The molecular formula is C16H19BrN2. The van der Waals surface area contributed by atoms with Crippen LogP contribution in [0.4, 0.5) is 0 Å². The van der Waals surface area contributed by atoms with Gasteiger partial charge in [0, 0.05) is 29.0 Å². The summed E-state index contributed by atoms with van der Waals surface area (Å²) < 4.78 is 1.13. The highest BCUT2D eigenvalue weighted by atomic mass is 79.9. The molecule has 2 nitrogen and oxygen atoms in total. The van der Waals surface area contributed by atoms with Crippen LogP contribution in [0.3, 0.4) is 0 Å². The Labute approximate surface area is 123 Å². The Bertz CT molecular complexity index is 513. The Balaban J connectivity index is 2.11. The lowest BCUT2D eigenvalue weighted by Gasteiger charge is -2.23. The van der Waals surface area contributed by atoms with E-state index >= 15 is 0 Å². The number of benzene rings is 1. The molecule has 0 spiro atoms. The van der Waals surface area contributed by atoms with Crippen LogP contribution in [0, 0.1) is 0 Å². The molecule has 0 saturated carbocycles. The molecule has 2 aromatic rings. The number of pyridine rings is 1. The zero-order valence-electron chi connectivity index (χ0n) is 11.3. The van der Waals surface area contributed by atoms with Crippen LogP contribution in [0.15, 0.2) is 53.3 Å². The van der Waals surface area contributed by atoms with Crippen LogP contribution in [0.2, 0.25) is 0 Å². The molecule has 0 bridgehead atoms. The molecule has 0 aliphatic heterocycles. The number of hydrogen-bond donors (Lipinski definition) is 1. The Morgan fingerprint density at radius 1 is 1.16 bits per heavy atom. The zero-order chi connectivity index (χ0) is 13.7. The molecule has 1 aromatic carbocycles. The maximum Gasteiger partial charge on any atom is 0.0323 e. The second-order valence-corrected chi connectivity index (χ2v) is 5.60. The Hall–Kier alpha value is -1.19. The van der Waals surface area contributed by atoms with E-state index in [0.717, 1.165) is 10.9 Å². The Kier molecular flexibility index (Phi) is 5.11. The minimum Gasteiger partial charge on any atom is -0.303 e. The molecule has 0 fully saturated rings. The fourth-order valence-corrected chi connectivity index (χ4v) is 2.64. The van der Waals surface area contributed by atoms with E-state index in [2.05, 4.69) is 76.5 Å². The van der Waals surface area contributed by atoms with Gasteiger partial charge in [0.25, 0.3) is 0 Å². The molecule has 1 N–H and O–H groups in total. The smallest absolute Gasteiger partial charge is 0.0323 e. The van der Waals surface area contributed by atoms with Gasteiger partial charge < -0.3 is 5.32 Å². The summed E-state index contributed by atoms with van der Waals surface area (Å²) in [5.41, 5.74) is 2.58. The van der Waals surface area contributed by atoms with Gasteiger partial charge in [-0.2, -0.15) is 0 Å². The average molecular weight is 319 g/mol. The molecule has 0 amide bonds. The van der Waals surface area contributed by atoms with E-state index in [0.29, 0.717) is 12.1 Å². The third kappa shape index (κ3) is 3.88. The van der Waals surface area contributed by atoms with Gasteiger partial charge in [0.05, 0.1) is 0 Å². The number of nitrogens with one attached hydrogen (secondary N) is 1. The van der Waals surface area contributed by atoms with E-state index in [4.69, 9.17) is 0 Å². The summed E-state index contributed by atoms with van der Waals surface area (Å²) in [4.78, 5) is 4.06. The Morgan fingerprint density at radius 2 is 1.89 bits per heavy atom. The van der Waals surface area contributed by atoms with Gasteiger partial charge in [-0.3, -0.25) is 4.98 Å². The summed E-state index contributed by atoms with van der Waals surface area (Å²) >= 11 is 3.53. The van der Waals surface area contributed by atoms with Crippen LogP contribution in [0.1, 0.15) is 43.5 Å². The van der Waals surface area contributed by atoms with Crippen molar-refractivity contribution in [2.75, 3.05) is 0 Å².